The van der Waals surface area contributed by atoms with Crippen molar-refractivity contribution in [3.8, 4) is 5.75 Å². The van der Waals surface area contributed by atoms with E-state index in [1.807, 2.05) is 36.4 Å². The fraction of sp³-hybridized carbons (Fsp3) is 0.350. The van der Waals surface area contributed by atoms with Gasteiger partial charge in [-0.25, -0.2) is 4.98 Å². The first-order chi connectivity index (χ1) is 12.2. The van der Waals surface area contributed by atoms with Gasteiger partial charge in [0.2, 0.25) is 0 Å². The highest BCUT2D eigenvalue weighted by Crippen LogP contribution is 2.34. The zero-order chi connectivity index (χ0) is 17.6. The van der Waals surface area contributed by atoms with Crippen LogP contribution in [0.4, 0.5) is 5.69 Å². The van der Waals surface area contributed by atoms with Gasteiger partial charge in [-0.2, -0.15) is 0 Å². The van der Waals surface area contributed by atoms with Gasteiger partial charge in [-0.3, -0.25) is 0 Å². The molecule has 148 valence electrons. The molecule has 27 heavy (non-hydrogen) atoms. The Kier molecular flexibility index (Phi) is 9.95. The maximum atomic E-state index is 6.15. The van der Waals surface area contributed by atoms with E-state index in [9.17, 15) is 0 Å². The summed E-state index contributed by atoms with van der Waals surface area (Å²) < 4.78 is 5.39. The maximum Gasteiger partial charge on any atom is 0.119 e. The van der Waals surface area contributed by atoms with Crippen molar-refractivity contribution < 1.29 is 4.74 Å². The Morgan fingerprint density at radius 3 is 2.48 bits per heavy atom. The Morgan fingerprint density at radius 1 is 0.963 bits per heavy atom. The van der Waals surface area contributed by atoms with Crippen LogP contribution in [0.5, 0.6) is 5.75 Å². The lowest BCUT2D eigenvalue weighted by Crippen LogP contribution is -2.04. The van der Waals surface area contributed by atoms with E-state index < -0.39 is 0 Å². The molecule has 0 unspecified atom stereocenters. The summed E-state index contributed by atoms with van der Waals surface area (Å²) in [7, 11) is 1.68. The number of methoxy groups -OCH3 is 1. The molecule has 0 atom stereocenters. The molecule has 3 aromatic rings. The molecule has 0 aliphatic carbocycles. The van der Waals surface area contributed by atoms with E-state index in [2.05, 4.69) is 5.32 Å². The molecule has 0 saturated heterocycles. The van der Waals surface area contributed by atoms with Crippen LogP contribution in [0.15, 0.2) is 36.4 Å². The Hall–Kier alpha value is -1.46. The molecule has 0 saturated carbocycles. The van der Waals surface area contributed by atoms with Crippen LogP contribution >= 0.6 is 36.4 Å². The van der Waals surface area contributed by atoms with Crippen molar-refractivity contribution in [2.75, 3.05) is 25.5 Å². The van der Waals surface area contributed by atoms with E-state index in [-0.39, 0.29) is 24.8 Å². The van der Waals surface area contributed by atoms with Crippen molar-refractivity contribution in [1.29, 1.82) is 0 Å². The summed E-state index contributed by atoms with van der Waals surface area (Å²) in [4.78, 5) is 4.75. The molecule has 0 spiro atoms. The number of pyridine rings is 1. The summed E-state index contributed by atoms with van der Waals surface area (Å²) in [5, 5.41) is 6.45. The van der Waals surface area contributed by atoms with E-state index in [4.69, 9.17) is 27.1 Å². The number of rotatable bonds is 8. The number of nitrogens with two attached hydrogens (primary N) is 1. The molecule has 0 bridgehead atoms. The Morgan fingerprint density at radius 2 is 1.74 bits per heavy atom. The number of nitrogens with one attached hydrogen (secondary N) is 1. The second-order valence-corrected chi connectivity index (χ2v) is 6.60. The molecular formula is C20H26Cl3N3O. The first-order valence-electron chi connectivity index (χ1n) is 8.74. The lowest BCUT2D eigenvalue weighted by Gasteiger charge is -2.14. The van der Waals surface area contributed by atoms with Crippen LogP contribution < -0.4 is 15.8 Å². The number of nitrogens with zero attached hydrogens (tertiary/aromatic N) is 1. The van der Waals surface area contributed by atoms with Crippen LogP contribution in [0.1, 0.15) is 25.7 Å². The van der Waals surface area contributed by atoms with Gasteiger partial charge in [0.15, 0.2) is 0 Å². The second kappa shape index (κ2) is 11.4. The number of hydrogen-bond donors (Lipinski definition) is 2. The van der Waals surface area contributed by atoms with E-state index in [1.165, 1.54) is 12.8 Å². The van der Waals surface area contributed by atoms with E-state index in [1.54, 1.807) is 7.11 Å². The molecule has 7 heteroatoms. The summed E-state index contributed by atoms with van der Waals surface area (Å²) in [6.07, 6.45) is 4.57. The minimum atomic E-state index is 0. The zero-order valence-electron chi connectivity index (χ0n) is 15.3. The van der Waals surface area contributed by atoms with E-state index >= 15 is 0 Å². The lowest BCUT2D eigenvalue weighted by atomic mass is 10.1. The molecule has 0 radical (unpaired) electrons. The van der Waals surface area contributed by atoms with Crippen LogP contribution in [-0.2, 0) is 0 Å². The Labute approximate surface area is 177 Å². The molecule has 3 rings (SSSR count). The molecule has 4 nitrogen and oxygen atoms in total. The van der Waals surface area contributed by atoms with Crippen molar-refractivity contribution in [3.63, 3.8) is 0 Å². The van der Waals surface area contributed by atoms with Gasteiger partial charge in [0.25, 0.3) is 0 Å². The fourth-order valence-corrected chi connectivity index (χ4v) is 3.22. The summed E-state index contributed by atoms with van der Waals surface area (Å²) in [6.45, 7) is 1.69. The minimum Gasteiger partial charge on any atom is -0.497 e. The predicted molar refractivity (Wildman–Crippen MR) is 121 cm³/mol. The van der Waals surface area contributed by atoms with Crippen molar-refractivity contribution in [1.82, 2.24) is 4.98 Å². The predicted octanol–water partition coefficient (Wildman–Crippen LogP) is 5.82. The quantitative estimate of drug-likeness (QED) is 0.349. The highest BCUT2D eigenvalue weighted by molar-refractivity contribution is 6.31. The van der Waals surface area contributed by atoms with Gasteiger partial charge < -0.3 is 15.8 Å². The molecule has 0 aliphatic rings. The third-order valence-corrected chi connectivity index (χ3v) is 4.61. The average molecular weight is 431 g/mol. The highest BCUT2D eigenvalue weighted by atomic mass is 35.5. The number of benzene rings is 2. The van der Waals surface area contributed by atoms with Crippen LogP contribution in [-0.4, -0.2) is 25.2 Å². The van der Waals surface area contributed by atoms with E-state index in [0.29, 0.717) is 5.02 Å². The standard InChI is InChI=1S/C20H24ClN3O.2ClH/c1-25-15-7-9-18-17(13-15)20(23-11-5-3-2-4-10-22)16-8-6-14(21)12-19(16)24-18;;/h6-9,12-13H,2-5,10-11,22H2,1H3,(H,23,24);2*1H. The highest BCUT2D eigenvalue weighted by Gasteiger charge is 2.10. The second-order valence-electron chi connectivity index (χ2n) is 6.16. The smallest absolute Gasteiger partial charge is 0.119 e. The van der Waals surface area contributed by atoms with Gasteiger partial charge in [0.05, 0.1) is 23.8 Å². The molecule has 3 N–H and O–H groups in total. The summed E-state index contributed by atoms with van der Waals surface area (Å²) in [6, 6.07) is 11.8. The van der Waals surface area contributed by atoms with Gasteiger partial charge in [-0.05, 0) is 55.8 Å². The van der Waals surface area contributed by atoms with Gasteiger partial charge in [-0.1, -0.05) is 24.4 Å². The van der Waals surface area contributed by atoms with Crippen LogP contribution in [0.2, 0.25) is 5.02 Å². The number of halogens is 3. The van der Waals surface area contributed by atoms with Gasteiger partial charge in [-0.15, -0.1) is 24.8 Å². The molecule has 2 aromatic carbocycles. The monoisotopic (exact) mass is 429 g/mol. The Bertz CT molecular complexity index is 874. The zero-order valence-corrected chi connectivity index (χ0v) is 17.7. The average Bonchev–Trinajstić information content (AvgIpc) is 2.63. The number of fused-ring (bicyclic) bond motifs is 2. The van der Waals surface area contributed by atoms with Crippen molar-refractivity contribution in [2.24, 2.45) is 5.73 Å². The van der Waals surface area contributed by atoms with Crippen molar-refractivity contribution in [3.05, 3.63) is 41.4 Å². The number of hydrogen-bond acceptors (Lipinski definition) is 4. The van der Waals surface area contributed by atoms with Gasteiger partial charge in [0, 0.05) is 22.3 Å². The van der Waals surface area contributed by atoms with Gasteiger partial charge >= 0.3 is 0 Å². The number of unbranched alkanes of at least 4 members (excludes halogenated alkanes) is 3. The van der Waals surface area contributed by atoms with E-state index in [0.717, 1.165) is 59.2 Å². The number of ether oxygens (including phenoxy) is 1. The first-order valence-corrected chi connectivity index (χ1v) is 9.11. The fourth-order valence-electron chi connectivity index (χ4n) is 3.05. The minimum absolute atomic E-state index is 0. The molecule has 1 aromatic heterocycles. The Balaban J connectivity index is 0.00000182. The summed E-state index contributed by atoms with van der Waals surface area (Å²) in [5.41, 5.74) is 8.48. The summed E-state index contributed by atoms with van der Waals surface area (Å²) in [5.74, 6) is 0.827. The maximum absolute atomic E-state index is 6.15. The molecule has 0 amide bonds. The largest absolute Gasteiger partial charge is 0.497 e. The van der Waals surface area contributed by atoms with Crippen molar-refractivity contribution >= 4 is 63.9 Å². The van der Waals surface area contributed by atoms with Crippen LogP contribution in [0.3, 0.4) is 0 Å². The third-order valence-electron chi connectivity index (χ3n) is 4.38. The van der Waals surface area contributed by atoms with Crippen LogP contribution in [0, 0.1) is 0 Å². The molecule has 1 heterocycles. The van der Waals surface area contributed by atoms with Crippen molar-refractivity contribution in [2.45, 2.75) is 25.7 Å². The normalized spacial score (nSPS) is 10.3. The SMILES string of the molecule is COc1ccc2nc3cc(Cl)ccc3c(NCCCCCCN)c2c1.Cl.Cl. The number of aromatic nitrogens is 1. The van der Waals surface area contributed by atoms with Gasteiger partial charge in [0.1, 0.15) is 5.75 Å². The van der Waals surface area contributed by atoms with Crippen LogP contribution in [0.25, 0.3) is 21.8 Å². The molecular weight excluding hydrogens is 405 g/mol. The molecule has 0 fully saturated rings. The molecule has 0 aliphatic heterocycles. The topological polar surface area (TPSA) is 60.2 Å². The first kappa shape index (κ1) is 23.6. The third kappa shape index (κ3) is 5.76. The lowest BCUT2D eigenvalue weighted by molar-refractivity contribution is 0.415. The summed E-state index contributed by atoms with van der Waals surface area (Å²) >= 11 is 6.15. The number of anilines is 1.